The van der Waals surface area contributed by atoms with E-state index in [1.807, 2.05) is 11.8 Å². The molecule has 0 aliphatic rings. The molecular weight excluding hydrogens is 226 g/mol. The lowest BCUT2D eigenvalue weighted by atomic mass is 10.3. The van der Waals surface area contributed by atoms with E-state index in [4.69, 9.17) is 0 Å². The molecular formula is C10H15N3O2S. The van der Waals surface area contributed by atoms with Crippen molar-refractivity contribution in [3.63, 3.8) is 0 Å². The van der Waals surface area contributed by atoms with Gasteiger partial charge in [-0.2, -0.15) is 11.8 Å². The lowest BCUT2D eigenvalue weighted by molar-refractivity contribution is -0.385. The molecule has 0 radical (unpaired) electrons. The van der Waals surface area contributed by atoms with E-state index in [2.05, 4.69) is 23.5 Å². The summed E-state index contributed by atoms with van der Waals surface area (Å²) in [5.74, 6) is 0.680. The van der Waals surface area contributed by atoms with E-state index in [0.29, 0.717) is 11.1 Å². The smallest absolute Gasteiger partial charge is 0.287 e. The van der Waals surface area contributed by atoms with Crippen LogP contribution in [-0.2, 0) is 0 Å². The molecule has 1 atom stereocenters. The molecule has 0 bridgehead atoms. The fourth-order valence-corrected chi connectivity index (χ4v) is 1.47. The second-order valence-corrected chi connectivity index (χ2v) is 4.70. The molecule has 5 nitrogen and oxygen atoms in total. The summed E-state index contributed by atoms with van der Waals surface area (Å²) < 4.78 is 0. The average molecular weight is 241 g/mol. The van der Waals surface area contributed by atoms with Crippen molar-refractivity contribution < 1.29 is 4.92 Å². The zero-order valence-corrected chi connectivity index (χ0v) is 10.2. The van der Waals surface area contributed by atoms with Crippen LogP contribution in [0.15, 0.2) is 18.3 Å². The summed E-state index contributed by atoms with van der Waals surface area (Å²) >= 11 is 1.82. The summed E-state index contributed by atoms with van der Waals surface area (Å²) in [6.45, 7) is 2.99. The van der Waals surface area contributed by atoms with E-state index in [9.17, 15) is 10.1 Å². The molecule has 1 heterocycles. The minimum absolute atomic E-state index is 0.0167. The third-order valence-electron chi connectivity index (χ3n) is 2.22. The molecule has 0 fully saturated rings. The van der Waals surface area contributed by atoms with Crippen LogP contribution < -0.4 is 5.32 Å². The van der Waals surface area contributed by atoms with Gasteiger partial charge < -0.3 is 5.32 Å². The third kappa shape index (κ3) is 4.06. The van der Waals surface area contributed by atoms with Gasteiger partial charge in [0.25, 0.3) is 5.69 Å². The molecule has 0 saturated carbocycles. The molecule has 1 N–H and O–H groups in total. The number of hydrogen-bond donors (Lipinski definition) is 1. The van der Waals surface area contributed by atoms with Crippen LogP contribution in [0.5, 0.6) is 0 Å². The Morgan fingerprint density at radius 2 is 2.38 bits per heavy atom. The van der Waals surface area contributed by atoms with E-state index in [1.165, 1.54) is 12.3 Å². The normalized spacial score (nSPS) is 12.1. The lowest BCUT2D eigenvalue weighted by Crippen LogP contribution is -2.08. The Labute approximate surface area is 98.8 Å². The van der Waals surface area contributed by atoms with Gasteiger partial charge in [-0.05, 0) is 18.7 Å². The molecule has 0 aromatic carbocycles. The van der Waals surface area contributed by atoms with E-state index in [1.54, 1.807) is 6.07 Å². The molecule has 1 aromatic rings. The van der Waals surface area contributed by atoms with Gasteiger partial charge in [-0.25, -0.2) is 4.98 Å². The summed E-state index contributed by atoms with van der Waals surface area (Å²) in [6.07, 6.45) is 4.38. The fourth-order valence-electron chi connectivity index (χ4n) is 1.12. The summed E-state index contributed by atoms with van der Waals surface area (Å²) in [6, 6.07) is 3.08. The highest BCUT2D eigenvalue weighted by Crippen LogP contribution is 2.13. The summed E-state index contributed by atoms with van der Waals surface area (Å²) in [5.41, 5.74) is 0.0167. The van der Waals surface area contributed by atoms with Crippen LogP contribution >= 0.6 is 11.8 Å². The first-order valence-corrected chi connectivity index (χ1v) is 6.29. The minimum atomic E-state index is -0.452. The summed E-state index contributed by atoms with van der Waals surface area (Å²) in [5, 5.41) is 14.1. The molecule has 0 aliphatic heterocycles. The van der Waals surface area contributed by atoms with Crippen LogP contribution in [0.2, 0.25) is 0 Å². The molecule has 88 valence electrons. The van der Waals surface area contributed by atoms with Crippen LogP contribution in [0, 0.1) is 10.1 Å². The number of aromatic nitrogens is 1. The number of nitrogens with one attached hydrogen (secondary N) is 1. The van der Waals surface area contributed by atoms with Crippen LogP contribution in [0.4, 0.5) is 11.5 Å². The standard InChI is InChI=1S/C10H15N3O2S/c1-8(16-2)5-6-11-10-4-3-9(7-12-10)13(14)15/h3-4,7-8H,5-6H2,1-2H3,(H,11,12). The predicted octanol–water partition coefficient (Wildman–Crippen LogP) is 2.54. The summed E-state index contributed by atoms with van der Waals surface area (Å²) in [7, 11) is 0. The Balaban J connectivity index is 2.40. The Morgan fingerprint density at radius 3 is 2.88 bits per heavy atom. The first-order valence-electron chi connectivity index (χ1n) is 5.00. The molecule has 16 heavy (non-hydrogen) atoms. The molecule has 1 aromatic heterocycles. The number of thioether (sulfide) groups is 1. The number of rotatable bonds is 6. The topological polar surface area (TPSA) is 68.1 Å². The number of hydrogen-bond acceptors (Lipinski definition) is 5. The van der Waals surface area contributed by atoms with Gasteiger partial charge >= 0.3 is 0 Å². The second kappa shape index (κ2) is 6.32. The van der Waals surface area contributed by atoms with Crippen molar-refractivity contribution in [1.29, 1.82) is 0 Å². The van der Waals surface area contributed by atoms with E-state index < -0.39 is 4.92 Å². The van der Waals surface area contributed by atoms with Crippen molar-refractivity contribution >= 4 is 23.3 Å². The monoisotopic (exact) mass is 241 g/mol. The first kappa shape index (κ1) is 12.8. The zero-order chi connectivity index (χ0) is 12.0. The predicted molar refractivity (Wildman–Crippen MR) is 67.0 cm³/mol. The van der Waals surface area contributed by atoms with Gasteiger partial charge in [0.05, 0.1) is 4.92 Å². The van der Waals surface area contributed by atoms with Crippen molar-refractivity contribution in [1.82, 2.24) is 4.98 Å². The number of anilines is 1. The Bertz CT molecular complexity index is 342. The lowest BCUT2D eigenvalue weighted by Gasteiger charge is -2.09. The zero-order valence-electron chi connectivity index (χ0n) is 9.34. The molecule has 0 spiro atoms. The van der Waals surface area contributed by atoms with Gasteiger partial charge in [-0.3, -0.25) is 10.1 Å². The Hall–Kier alpha value is -1.30. The minimum Gasteiger partial charge on any atom is -0.370 e. The highest BCUT2D eigenvalue weighted by atomic mass is 32.2. The van der Waals surface area contributed by atoms with Crippen molar-refractivity contribution in [2.75, 3.05) is 18.1 Å². The van der Waals surface area contributed by atoms with Crippen LogP contribution in [0.3, 0.4) is 0 Å². The highest BCUT2D eigenvalue weighted by molar-refractivity contribution is 7.99. The summed E-state index contributed by atoms with van der Waals surface area (Å²) in [4.78, 5) is 13.9. The SMILES string of the molecule is CSC(C)CCNc1ccc([N+](=O)[O-])cn1. The van der Waals surface area contributed by atoms with Crippen molar-refractivity contribution in [2.45, 2.75) is 18.6 Å². The molecule has 1 unspecified atom stereocenters. The van der Waals surface area contributed by atoms with Gasteiger partial charge in [0.15, 0.2) is 0 Å². The third-order valence-corrected chi connectivity index (χ3v) is 3.26. The van der Waals surface area contributed by atoms with Gasteiger partial charge in [-0.15, -0.1) is 0 Å². The van der Waals surface area contributed by atoms with E-state index in [-0.39, 0.29) is 5.69 Å². The fraction of sp³-hybridized carbons (Fsp3) is 0.500. The van der Waals surface area contributed by atoms with Crippen molar-refractivity contribution in [3.8, 4) is 0 Å². The van der Waals surface area contributed by atoms with Crippen molar-refractivity contribution in [2.24, 2.45) is 0 Å². The van der Waals surface area contributed by atoms with Gasteiger partial charge in [0.1, 0.15) is 12.0 Å². The number of nitro groups is 1. The van der Waals surface area contributed by atoms with Crippen LogP contribution in [-0.4, -0.2) is 28.0 Å². The second-order valence-electron chi connectivity index (χ2n) is 3.42. The van der Waals surface area contributed by atoms with E-state index >= 15 is 0 Å². The Morgan fingerprint density at radius 1 is 1.62 bits per heavy atom. The largest absolute Gasteiger partial charge is 0.370 e. The molecule has 0 saturated heterocycles. The van der Waals surface area contributed by atoms with E-state index in [0.717, 1.165) is 13.0 Å². The number of nitrogens with zero attached hydrogens (tertiary/aromatic N) is 2. The maximum Gasteiger partial charge on any atom is 0.287 e. The van der Waals surface area contributed by atoms with Crippen molar-refractivity contribution in [3.05, 3.63) is 28.4 Å². The molecule has 0 amide bonds. The first-order chi connectivity index (χ1) is 7.63. The van der Waals surface area contributed by atoms with Gasteiger partial charge in [0, 0.05) is 17.9 Å². The van der Waals surface area contributed by atoms with Gasteiger partial charge in [-0.1, -0.05) is 6.92 Å². The number of pyridine rings is 1. The molecule has 6 heteroatoms. The quantitative estimate of drug-likeness (QED) is 0.612. The average Bonchev–Trinajstić information content (AvgIpc) is 2.29. The van der Waals surface area contributed by atoms with Crippen LogP contribution in [0.1, 0.15) is 13.3 Å². The molecule has 1 rings (SSSR count). The maximum absolute atomic E-state index is 10.4. The van der Waals surface area contributed by atoms with Crippen LogP contribution in [0.25, 0.3) is 0 Å². The Kier molecular flexibility index (Phi) is 5.04. The highest BCUT2D eigenvalue weighted by Gasteiger charge is 2.05. The molecule has 0 aliphatic carbocycles. The maximum atomic E-state index is 10.4. The van der Waals surface area contributed by atoms with Gasteiger partial charge in [0.2, 0.25) is 0 Å².